The first-order valence-electron chi connectivity index (χ1n) is 6.56. The number of hydrogen-bond acceptors (Lipinski definition) is 2. The Balaban J connectivity index is 1.58. The van der Waals surface area contributed by atoms with Gasteiger partial charge >= 0.3 is 0 Å². The Kier molecular flexibility index (Phi) is 4.04. The van der Waals surface area contributed by atoms with Crippen LogP contribution in [-0.2, 0) is 4.74 Å². The van der Waals surface area contributed by atoms with Gasteiger partial charge in [0, 0.05) is 13.2 Å². The Morgan fingerprint density at radius 2 is 2.27 bits per heavy atom. The molecule has 2 nitrogen and oxygen atoms in total. The second kappa shape index (κ2) is 5.31. The highest BCUT2D eigenvalue weighted by Crippen LogP contribution is 2.46. The summed E-state index contributed by atoms with van der Waals surface area (Å²) in [6, 6.07) is 0. The molecular weight excluding hydrogens is 186 g/mol. The van der Waals surface area contributed by atoms with Crippen LogP contribution in [0.3, 0.4) is 0 Å². The lowest BCUT2D eigenvalue weighted by atomic mass is 9.95. The molecule has 2 aliphatic rings. The molecule has 2 heteroatoms. The molecule has 3 unspecified atom stereocenters. The van der Waals surface area contributed by atoms with E-state index in [-0.39, 0.29) is 0 Å². The lowest BCUT2D eigenvalue weighted by Crippen LogP contribution is -2.25. The van der Waals surface area contributed by atoms with Crippen LogP contribution in [0.1, 0.15) is 33.1 Å². The first-order chi connectivity index (χ1) is 7.27. The molecule has 1 saturated carbocycles. The Hall–Kier alpha value is -0.0800. The molecule has 0 amide bonds. The first kappa shape index (κ1) is 11.4. The molecular formula is C13H25NO. The van der Waals surface area contributed by atoms with Crippen molar-refractivity contribution in [2.45, 2.75) is 33.1 Å². The van der Waals surface area contributed by atoms with Crippen molar-refractivity contribution in [1.82, 2.24) is 5.32 Å². The zero-order valence-corrected chi connectivity index (χ0v) is 10.2. The maximum Gasteiger partial charge on any atom is 0.0497 e. The van der Waals surface area contributed by atoms with Crippen molar-refractivity contribution in [1.29, 1.82) is 0 Å². The van der Waals surface area contributed by atoms with E-state index < -0.39 is 0 Å². The predicted molar refractivity (Wildman–Crippen MR) is 62.8 cm³/mol. The van der Waals surface area contributed by atoms with E-state index in [9.17, 15) is 0 Å². The van der Waals surface area contributed by atoms with Gasteiger partial charge in [-0.15, -0.1) is 0 Å². The van der Waals surface area contributed by atoms with Crippen LogP contribution in [0.4, 0.5) is 0 Å². The maximum absolute atomic E-state index is 5.55. The van der Waals surface area contributed by atoms with Crippen LogP contribution in [0.25, 0.3) is 0 Å². The number of ether oxygens (including phenoxy) is 1. The fourth-order valence-electron chi connectivity index (χ4n) is 2.74. The average molecular weight is 211 g/mol. The van der Waals surface area contributed by atoms with Crippen LogP contribution < -0.4 is 5.32 Å². The van der Waals surface area contributed by atoms with Crippen molar-refractivity contribution in [3.05, 3.63) is 0 Å². The summed E-state index contributed by atoms with van der Waals surface area (Å²) in [6.07, 6.45) is 4.14. The standard InChI is InChI=1S/C13H25NO/c1-10(2)7-14-8-12-6-13(12)11-4-3-5-15-9-11/h10-14H,3-9H2,1-2H3. The van der Waals surface area contributed by atoms with Gasteiger partial charge in [-0.1, -0.05) is 13.8 Å². The highest BCUT2D eigenvalue weighted by Gasteiger charge is 2.42. The van der Waals surface area contributed by atoms with Crippen LogP contribution in [0, 0.1) is 23.7 Å². The molecule has 1 saturated heterocycles. The lowest BCUT2D eigenvalue weighted by Gasteiger charge is -2.22. The van der Waals surface area contributed by atoms with E-state index in [1.54, 1.807) is 0 Å². The van der Waals surface area contributed by atoms with Gasteiger partial charge in [-0.25, -0.2) is 0 Å². The smallest absolute Gasteiger partial charge is 0.0497 e. The largest absolute Gasteiger partial charge is 0.381 e. The van der Waals surface area contributed by atoms with Gasteiger partial charge in [-0.3, -0.25) is 0 Å². The van der Waals surface area contributed by atoms with E-state index in [4.69, 9.17) is 4.74 Å². The van der Waals surface area contributed by atoms with Gasteiger partial charge in [0.25, 0.3) is 0 Å². The Bertz CT molecular complexity index is 187. The lowest BCUT2D eigenvalue weighted by molar-refractivity contribution is 0.0444. The second-order valence-corrected chi connectivity index (χ2v) is 5.69. The molecule has 88 valence electrons. The van der Waals surface area contributed by atoms with Crippen molar-refractivity contribution >= 4 is 0 Å². The second-order valence-electron chi connectivity index (χ2n) is 5.69. The molecule has 0 radical (unpaired) electrons. The van der Waals surface area contributed by atoms with Crippen LogP contribution in [0.15, 0.2) is 0 Å². The molecule has 0 bridgehead atoms. The molecule has 1 aliphatic heterocycles. The minimum absolute atomic E-state index is 0.778. The summed E-state index contributed by atoms with van der Waals surface area (Å²) in [5.41, 5.74) is 0. The predicted octanol–water partition coefficient (Wildman–Crippen LogP) is 2.29. The summed E-state index contributed by atoms with van der Waals surface area (Å²) in [4.78, 5) is 0. The molecule has 0 aromatic rings. The molecule has 0 aromatic carbocycles. The van der Waals surface area contributed by atoms with E-state index in [1.165, 1.54) is 32.4 Å². The normalized spacial score (nSPS) is 35.8. The summed E-state index contributed by atoms with van der Waals surface area (Å²) in [5.74, 6) is 3.59. The molecule has 2 rings (SSSR count). The third kappa shape index (κ3) is 3.46. The molecule has 1 aliphatic carbocycles. The molecule has 0 aromatic heterocycles. The third-order valence-corrected chi connectivity index (χ3v) is 3.74. The third-order valence-electron chi connectivity index (χ3n) is 3.74. The number of nitrogens with one attached hydrogen (secondary N) is 1. The highest BCUT2D eigenvalue weighted by molar-refractivity contribution is 4.93. The van der Waals surface area contributed by atoms with Crippen LogP contribution >= 0.6 is 0 Å². The van der Waals surface area contributed by atoms with Crippen LogP contribution in [-0.4, -0.2) is 26.3 Å². The van der Waals surface area contributed by atoms with Gasteiger partial charge < -0.3 is 10.1 Å². The SMILES string of the molecule is CC(C)CNCC1CC1C1CCCOC1. The summed E-state index contributed by atoms with van der Waals surface area (Å²) in [6.45, 7) is 8.98. The van der Waals surface area contributed by atoms with E-state index >= 15 is 0 Å². The van der Waals surface area contributed by atoms with Crippen LogP contribution in [0.2, 0.25) is 0 Å². The Morgan fingerprint density at radius 3 is 2.93 bits per heavy atom. The van der Waals surface area contributed by atoms with Crippen LogP contribution in [0.5, 0.6) is 0 Å². The maximum atomic E-state index is 5.55. The molecule has 3 atom stereocenters. The number of rotatable bonds is 5. The quantitative estimate of drug-likeness (QED) is 0.753. The van der Waals surface area contributed by atoms with Crippen molar-refractivity contribution in [2.24, 2.45) is 23.7 Å². The molecule has 2 fully saturated rings. The summed E-state index contributed by atoms with van der Waals surface area (Å²) in [7, 11) is 0. The van der Waals surface area contributed by atoms with Gasteiger partial charge in [-0.2, -0.15) is 0 Å². The summed E-state index contributed by atoms with van der Waals surface area (Å²) >= 11 is 0. The summed E-state index contributed by atoms with van der Waals surface area (Å²) < 4.78 is 5.55. The van der Waals surface area contributed by atoms with Gasteiger partial charge in [0.15, 0.2) is 0 Å². The van der Waals surface area contributed by atoms with E-state index in [0.717, 1.165) is 36.9 Å². The topological polar surface area (TPSA) is 21.3 Å². The summed E-state index contributed by atoms with van der Waals surface area (Å²) in [5, 5.41) is 3.58. The molecule has 1 N–H and O–H groups in total. The van der Waals surface area contributed by atoms with E-state index in [2.05, 4.69) is 19.2 Å². The van der Waals surface area contributed by atoms with Crippen molar-refractivity contribution in [2.75, 3.05) is 26.3 Å². The number of hydrogen-bond donors (Lipinski definition) is 1. The zero-order chi connectivity index (χ0) is 10.7. The zero-order valence-electron chi connectivity index (χ0n) is 10.2. The van der Waals surface area contributed by atoms with Crippen molar-refractivity contribution in [3.63, 3.8) is 0 Å². The van der Waals surface area contributed by atoms with Gasteiger partial charge in [0.1, 0.15) is 0 Å². The van der Waals surface area contributed by atoms with Crippen molar-refractivity contribution in [3.8, 4) is 0 Å². The van der Waals surface area contributed by atoms with Gasteiger partial charge in [0.05, 0.1) is 0 Å². The Labute approximate surface area is 93.8 Å². The average Bonchev–Trinajstić information content (AvgIpc) is 2.98. The fraction of sp³-hybridized carbons (Fsp3) is 1.00. The fourth-order valence-corrected chi connectivity index (χ4v) is 2.74. The van der Waals surface area contributed by atoms with E-state index in [1.807, 2.05) is 0 Å². The van der Waals surface area contributed by atoms with Crippen molar-refractivity contribution < 1.29 is 4.74 Å². The molecule has 0 spiro atoms. The monoisotopic (exact) mass is 211 g/mol. The highest BCUT2D eigenvalue weighted by atomic mass is 16.5. The Morgan fingerprint density at radius 1 is 1.40 bits per heavy atom. The minimum Gasteiger partial charge on any atom is -0.381 e. The molecule has 15 heavy (non-hydrogen) atoms. The first-order valence-corrected chi connectivity index (χ1v) is 6.56. The van der Waals surface area contributed by atoms with E-state index in [0.29, 0.717) is 0 Å². The minimum atomic E-state index is 0.778. The van der Waals surface area contributed by atoms with Gasteiger partial charge in [0.2, 0.25) is 0 Å². The molecule has 1 heterocycles. The van der Waals surface area contributed by atoms with Gasteiger partial charge in [-0.05, 0) is 56.0 Å².